The van der Waals surface area contributed by atoms with Crippen molar-refractivity contribution in [3.63, 3.8) is 0 Å². The van der Waals surface area contributed by atoms with Gasteiger partial charge in [0.2, 0.25) is 0 Å². The molecule has 0 saturated carbocycles. The van der Waals surface area contributed by atoms with Crippen molar-refractivity contribution in [1.82, 2.24) is 10.2 Å². The highest BCUT2D eigenvalue weighted by atomic mass is 16.5. The fourth-order valence-corrected chi connectivity index (χ4v) is 1.58. The van der Waals surface area contributed by atoms with Gasteiger partial charge in [-0.1, -0.05) is 12.1 Å². The highest BCUT2D eigenvalue weighted by Crippen LogP contribution is 2.13. The Hall–Kier alpha value is -1.75. The van der Waals surface area contributed by atoms with E-state index in [1.54, 1.807) is 14.0 Å². The molecular weight excluding hydrogens is 256 g/mol. The molecule has 0 aliphatic heterocycles. The van der Waals surface area contributed by atoms with Gasteiger partial charge in [-0.2, -0.15) is 0 Å². The zero-order chi connectivity index (χ0) is 15.1. The smallest absolute Gasteiger partial charge is 0.317 e. The third-order valence-electron chi connectivity index (χ3n) is 2.98. The molecule has 0 spiro atoms. The minimum Gasteiger partial charge on any atom is -0.491 e. The normalized spacial score (nSPS) is 12.1. The summed E-state index contributed by atoms with van der Waals surface area (Å²) in [5.41, 5.74) is 1.000. The Kier molecular flexibility index (Phi) is 6.31. The lowest BCUT2D eigenvalue weighted by Crippen LogP contribution is -2.43. The number of carbonyl (C=O) groups is 1. The van der Waals surface area contributed by atoms with E-state index in [2.05, 4.69) is 5.32 Å². The molecule has 0 aliphatic rings. The number of urea groups is 1. The molecule has 0 radical (unpaired) electrons. The molecule has 2 amide bonds. The van der Waals surface area contributed by atoms with Gasteiger partial charge in [-0.05, 0) is 38.5 Å². The number of ether oxygens (including phenoxy) is 1. The van der Waals surface area contributed by atoms with Crippen LogP contribution in [-0.4, -0.2) is 41.8 Å². The van der Waals surface area contributed by atoms with Crippen LogP contribution in [0.4, 0.5) is 4.79 Å². The molecule has 112 valence electrons. The maximum Gasteiger partial charge on any atom is 0.317 e. The number of hydrogen-bond acceptors (Lipinski definition) is 3. The van der Waals surface area contributed by atoms with E-state index in [0.717, 1.165) is 11.3 Å². The molecule has 0 heterocycles. The highest BCUT2D eigenvalue weighted by molar-refractivity contribution is 5.74. The molecule has 5 nitrogen and oxygen atoms in total. The Labute approximate surface area is 120 Å². The fraction of sp³-hybridized carbons (Fsp3) is 0.533. The average Bonchev–Trinajstić information content (AvgIpc) is 2.44. The molecule has 0 fully saturated rings. The number of likely N-dealkylation sites (N-methyl/N-ethyl adjacent to an activating group) is 1. The molecule has 1 rings (SSSR count). The number of carbonyl (C=O) groups excluding carboxylic acids is 1. The number of aliphatic hydroxyl groups is 1. The Morgan fingerprint density at radius 2 is 1.90 bits per heavy atom. The molecule has 20 heavy (non-hydrogen) atoms. The third kappa shape index (κ3) is 5.09. The molecule has 1 unspecified atom stereocenters. The van der Waals surface area contributed by atoms with Gasteiger partial charge in [0.1, 0.15) is 5.75 Å². The van der Waals surface area contributed by atoms with Crippen molar-refractivity contribution in [2.45, 2.75) is 39.5 Å². The van der Waals surface area contributed by atoms with Crippen LogP contribution in [0.2, 0.25) is 0 Å². The molecule has 5 heteroatoms. The number of rotatable bonds is 6. The molecule has 1 atom stereocenters. The molecule has 1 aromatic carbocycles. The van der Waals surface area contributed by atoms with Gasteiger partial charge in [0.15, 0.2) is 0 Å². The monoisotopic (exact) mass is 280 g/mol. The molecule has 0 saturated heterocycles. The number of amides is 2. The maximum atomic E-state index is 11.8. The van der Waals surface area contributed by atoms with E-state index >= 15 is 0 Å². The molecule has 0 bridgehead atoms. The van der Waals surface area contributed by atoms with E-state index in [1.165, 1.54) is 4.90 Å². The highest BCUT2D eigenvalue weighted by Gasteiger charge is 2.13. The van der Waals surface area contributed by atoms with Gasteiger partial charge in [-0.25, -0.2) is 4.79 Å². The van der Waals surface area contributed by atoms with Gasteiger partial charge >= 0.3 is 6.03 Å². The topological polar surface area (TPSA) is 61.8 Å². The number of benzene rings is 1. The van der Waals surface area contributed by atoms with Gasteiger partial charge in [0.05, 0.1) is 18.8 Å². The van der Waals surface area contributed by atoms with Crippen molar-refractivity contribution >= 4 is 6.03 Å². The largest absolute Gasteiger partial charge is 0.491 e. The first-order valence-electron chi connectivity index (χ1n) is 6.81. The lowest BCUT2D eigenvalue weighted by atomic mass is 10.2. The van der Waals surface area contributed by atoms with Crippen LogP contribution in [0.1, 0.15) is 26.3 Å². The summed E-state index contributed by atoms with van der Waals surface area (Å²) in [4.78, 5) is 13.3. The first-order chi connectivity index (χ1) is 9.43. The lowest BCUT2D eigenvalue weighted by Gasteiger charge is -2.23. The molecule has 2 N–H and O–H groups in total. The van der Waals surface area contributed by atoms with Gasteiger partial charge in [0, 0.05) is 13.6 Å². The number of aliphatic hydroxyl groups excluding tert-OH is 1. The van der Waals surface area contributed by atoms with Gasteiger partial charge < -0.3 is 20.1 Å². The van der Waals surface area contributed by atoms with Crippen LogP contribution in [0.25, 0.3) is 0 Å². The molecule has 0 aliphatic carbocycles. The van der Waals surface area contributed by atoms with Crippen LogP contribution >= 0.6 is 0 Å². The Bertz CT molecular complexity index is 418. The summed E-state index contributed by atoms with van der Waals surface area (Å²) in [7, 11) is 1.66. The SMILES string of the molecule is CC(C)Oc1ccc(CNC(=O)N(C)C(C)CO)cc1. The Balaban J connectivity index is 2.47. The summed E-state index contributed by atoms with van der Waals surface area (Å²) < 4.78 is 5.56. The molecule has 1 aromatic rings. The summed E-state index contributed by atoms with van der Waals surface area (Å²) in [5.74, 6) is 0.820. The van der Waals surface area contributed by atoms with Gasteiger partial charge in [-0.15, -0.1) is 0 Å². The predicted octanol–water partition coefficient (Wildman–Crippen LogP) is 2.00. The second-order valence-corrected chi connectivity index (χ2v) is 5.11. The first kappa shape index (κ1) is 16.3. The third-order valence-corrected chi connectivity index (χ3v) is 2.98. The van der Waals surface area contributed by atoms with E-state index in [0.29, 0.717) is 6.54 Å². The van der Waals surface area contributed by atoms with Crippen LogP contribution < -0.4 is 10.1 Å². The van der Waals surface area contributed by atoms with E-state index in [4.69, 9.17) is 9.84 Å². The van der Waals surface area contributed by atoms with Crippen LogP contribution in [0, 0.1) is 0 Å². The quantitative estimate of drug-likeness (QED) is 0.837. The van der Waals surface area contributed by atoms with Crippen LogP contribution in [0.3, 0.4) is 0 Å². The standard InChI is InChI=1S/C15H24N2O3/c1-11(2)20-14-7-5-13(6-8-14)9-16-15(19)17(4)12(3)10-18/h5-8,11-12,18H,9-10H2,1-4H3,(H,16,19). The lowest BCUT2D eigenvalue weighted by molar-refractivity contribution is 0.157. The number of nitrogens with zero attached hydrogens (tertiary/aromatic N) is 1. The van der Waals surface area contributed by atoms with Crippen molar-refractivity contribution in [2.75, 3.05) is 13.7 Å². The molecule has 0 aromatic heterocycles. The van der Waals surface area contributed by atoms with Gasteiger partial charge in [0.25, 0.3) is 0 Å². The van der Waals surface area contributed by atoms with Crippen LogP contribution in [0.5, 0.6) is 5.75 Å². The zero-order valence-corrected chi connectivity index (χ0v) is 12.6. The summed E-state index contributed by atoms with van der Waals surface area (Å²) in [5, 5.41) is 11.8. The van der Waals surface area contributed by atoms with Crippen molar-refractivity contribution in [3.05, 3.63) is 29.8 Å². The van der Waals surface area contributed by atoms with Crippen LogP contribution in [-0.2, 0) is 6.54 Å². The summed E-state index contributed by atoms with van der Waals surface area (Å²) in [6, 6.07) is 7.23. The van der Waals surface area contributed by atoms with Crippen molar-refractivity contribution in [2.24, 2.45) is 0 Å². The van der Waals surface area contributed by atoms with E-state index in [1.807, 2.05) is 38.1 Å². The summed E-state index contributed by atoms with van der Waals surface area (Å²) >= 11 is 0. The van der Waals surface area contributed by atoms with Crippen molar-refractivity contribution < 1.29 is 14.6 Å². The van der Waals surface area contributed by atoms with E-state index < -0.39 is 0 Å². The minimum absolute atomic E-state index is 0.0504. The fourth-order valence-electron chi connectivity index (χ4n) is 1.58. The second kappa shape index (κ2) is 7.75. The van der Waals surface area contributed by atoms with E-state index in [-0.39, 0.29) is 24.8 Å². The predicted molar refractivity (Wildman–Crippen MR) is 78.8 cm³/mol. The van der Waals surface area contributed by atoms with Crippen molar-refractivity contribution in [3.8, 4) is 5.75 Å². The first-order valence-corrected chi connectivity index (χ1v) is 6.81. The zero-order valence-electron chi connectivity index (χ0n) is 12.6. The summed E-state index contributed by atoms with van der Waals surface area (Å²) in [6.07, 6.45) is 0.147. The number of nitrogens with one attached hydrogen (secondary N) is 1. The average molecular weight is 280 g/mol. The number of hydrogen-bond donors (Lipinski definition) is 2. The van der Waals surface area contributed by atoms with Crippen molar-refractivity contribution in [1.29, 1.82) is 0 Å². The Morgan fingerprint density at radius 3 is 2.40 bits per heavy atom. The van der Waals surface area contributed by atoms with Gasteiger partial charge in [-0.3, -0.25) is 0 Å². The second-order valence-electron chi connectivity index (χ2n) is 5.11. The van der Waals surface area contributed by atoms with E-state index in [9.17, 15) is 4.79 Å². The molecular formula is C15H24N2O3. The minimum atomic E-state index is -0.200. The Morgan fingerprint density at radius 1 is 1.30 bits per heavy atom. The van der Waals surface area contributed by atoms with Crippen LogP contribution in [0.15, 0.2) is 24.3 Å². The summed E-state index contributed by atoms with van der Waals surface area (Å²) in [6.45, 7) is 6.14. The maximum absolute atomic E-state index is 11.8.